The lowest BCUT2D eigenvalue weighted by Crippen LogP contribution is -2.55. The van der Waals surface area contributed by atoms with Crippen LogP contribution >= 0.6 is 10.0 Å². The summed E-state index contributed by atoms with van der Waals surface area (Å²) in [6, 6.07) is 63.8. The van der Waals surface area contributed by atoms with Gasteiger partial charge in [-0.3, -0.25) is 0 Å². The molecule has 0 saturated heterocycles. The van der Waals surface area contributed by atoms with Gasteiger partial charge in [-0.25, -0.2) is 4.98 Å². The topological polar surface area (TPSA) is 17.8 Å². The fourth-order valence-corrected chi connectivity index (χ4v) is 16.8. The Morgan fingerprint density at radius 1 is 0.484 bits per heavy atom. The van der Waals surface area contributed by atoms with E-state index in [0.717, 1.165) is 40.6 Å². The number of rotatable bonds is 4. The Kier molecular flexibility index (Phi) is 7.26. The van der Waals surface area contributed by atoms with Gasteiger partial charge in [-0.15, -0.1) is 0 Å². The molecule has 3 heteroatoms. The zero-order valence-corrected chi connectivity index (χ0v) is 36.1. The van der Waals surface area contributed by atoms with Crippen LogP contribution in [0.2, 0.25) is 0 Å². The molecule has 0 atom stereocenters. The predicted octanol–water partition coefficient (Wildman–Crippen LogP) is 15.4. The largest absolute Gasteiger partial charge is 0.309 e. The van der Waals surface area contributed by atoms with Crippen molar-refractivity contribution >= 4 is 31.8 Å². The van der Waals surface area contributed by atoms with E-state index in [2.05, 4.69) is 187 Å². The second kappa shape index (κ2) is 12.7. The fraction of sp³-hybridized carbons (Fsp3) is 0.203. The lowest BCUT2D eigenvalue weighted by Gasteiger charge is -2.61. The van der Waals surface area contributed by atoms with Crippen molar-refractivity contribution in [1.29, 1.82) is 0 Å². The maximum atomic E-state index is 5.33. The highest BCUT2D eigenvalue weighted by Crippen LogP contribution is 2.75. The van der Waals surface area contributed by atoms with Crippen molar-refractivity contribution in [1.82, 2.24) is 9.55 Å². The summed E-state index contributed by atoms with van der Waals surface area (Å²) in [7, 11) is -1.25. The van der Waals surface area contributed by atoms with Crippen LogP contribution in [0.3, 0.4) is 0 Å². The van der Waals surface area contributed by atoms with Gasteiger partial charge in [0.05, 0.1) is 22.4 Å². The molecule has 0 radical (unpaired) electrons. The van der Waals surface area contributed by atoms with Crippen molar-refractivity contribution in [2.45, 2.75) is 47.3 Å². The summed E-state index contributed by atoms with van der Waals surface area (Å²) in [5.41, 5.74) is 19.9. The molecule has 1 aliphatic heterocycles. The normalized spacial score (nSPS) is 23.7. The molecule has 15 rings (SSSR count). The molecule has 62 heavy (non-hydrogen) atoms. The third kappa shape index (κ3) is 4.70. The highest BCUT2D eigenvalue weighted by molar-refractivity contribution is 8.33. The van der Waals surface area contributed by atoms with Crippen molar-refractivity contribution in [3.63, 3.8) is 0 Å². The quantitative estimate of drug-likeness (QED) is 0.173. The van der Waals surface area contributed by atoms with Crippen LogP contribution in [0.25, 0.3) is 83.4 Å². The van der Waals surface area contributed by atoms with Gasteiger partial charge >= 0.3 is 0 Å². The molecular weight excluding hydrogens is 769 g/mol. The van der Waals surface area contributed by atoms with Crippen LogP contribution in [0.4, 0.5) is 0 Å². The fourth-order valence-electron chi connectivity index (χ4n) is 14.0. The number of fused-ring (bicyclic) bond motifs is 10. The molecule has 2 aromatic heterocycles. The molecule has 4 saturated carbocycles. The van der Waals surface area contributed by atoms with E-state index in [4.69, 9.17) is 4.98 Å². The summed E-state index contributed by atoms with van der Waals surface area (Å²) in [5, 5.41) is 2.54. The maximum Gasteiger partial charge on any atom is 0.0709 e. The highest BCUT2D eigenvalue weighted by Gasteiger charge is 2.62. The molecule has 1 spiro atoms. The number of aromatic nitrogens is 2. The van der Waals surface area contributed by atoms with Crippen molar-refractivity contribution in [2.24, 2.45) is 23.7 Å². The van der Waals surface area contributed by atoms with Gasteiger partial charge in [0.1, 0.15) is 0 Å². The number of benzene rings is 7. The van der Waals surface area contributed by atoms with E-state index >= 15 is 0 Å². The van der Waals surface area contributed by atoms with Crippen molar-refractivity contribution in [2.75, 3.05) is 12.5 Å². The first-order valence-corrected chi connectivity index (χ1v) is 25.2. The SMILES string of the molecule is CS1(C)c2ccc(-c3cccc(-c4ccc(-c5ccc6c(c5)c5ccccc5n6-c5ccccc5)cc4)n3)cc2-c2ccc3c(c21)-c1ccccc1C31C2CC3CC(C2)CC1C3. The number of hydrogen-bond acceptors (Lipinski definition) is 1. The summed E-state index contributed by atoms with van der Waals surface area (Å²) in [4.78, 5) is 8.48. The highest BCUT2D eigenvalue weighted by atomic mass is 32.3. The molecule has 0 N–H and O–H groups in total. The summed E-state index contributed by atoms with van der Waals surface area (Å²) in [5.74, 6) is 3.47. The van der Waals surface area contributed by atoms with Gasteiger partial charge in [0.2, 0.25) is 0 Å². The van der Waals surface area contributed by atoms with Crippen LogP contribution in [0, 0.1) is 23.7 Å². The van der Waals surface area contributed by atoms with Gasteiger partial charge in [0, 0.05) is 42.8 Å². The van der Waals surface area contributed by atoms with Gasteiger partial charge in [-0.2, -0.15) is 10.0 Å². The minimum absolute atomic E-state index is 0.199. The van der Waals surface area contributed by atoms with E-state index in [1.54, 1.807) is 21.6 Å². The lowest BCUT2D eigenvalue weighted by atomic mass is 9.43. The zero-order chi connectivity index (χ0) is 40.9. The van der Waals surface area contributed by atoms with Crippen LogP contribution in [0.1, 0.15) is 43.2 Å². The summed E-state index contributed by atoms with van der Waals surface area (Å²) >= 11 is 0. The first-order chi connectivity index (χ1) is 30.4. The van der Waals surface area contributed by atoms with Crippen LogP contribution < -0.4 is 0 Å². The molecule has 9 aromatic rings. The Hall–Kier alpha value is -6.16. The van der Waals surface area contributed by atoms with Gasteiger partial charge < -0.3 is 4.57 Å². The van der Waals surface area contributed by atoms with E-state index < -0.39 is 10.0 Å². The molecule has 4 bridgehead atoms. The Morgan fingerprint density at radius 2 is 1.15 bits per heavy atom. The van der Waals surface area contributed by atoms with E-state index in [9.17, 15) is 0 Å². The lowest BCUT2D eigenvalue weighted by molar-refractivity contribution is -0.0399. The third-order valence-corrected chi connectivity index (χ3v) is 19.1. The van der Waals surface area contributed by atoms with Crippen LogP contribution in [-0.2, 0) is 5.41 Å². The first kappa shape index (κ1) is 35.4. The third-order valence-electron chi connectivity index (χ3n) is 16.2. The van der Waals surface area contributed by atoms with E-state index in [1.807, 2.05) is 0 Å². The Bertz CT molecular complexity index is 3310. The molecule has 7 aromatic carbocycles. The van der Waals surface area contributed by atoms with Gasteiger partial charge in [-0.05, 0) is 167 Å². The average Bonchev–Trinajstić information content (AvgIpc) is 3.89. The van der Waals surface area contributed by atoms with E-state index in [0.29, 0.717) is 0 Å². The van der Waals surface area contributed by atoms with Crippen molar-refractivity contribution in [3.8, 4) is 61.6 Å². The molecule has 6 aliphatic rings. The van der Waals surface area contributed by atoms with E-state index in [-0.39, 0.29) is 5.41 Å². The van der Waals surface area contributed by atoms with Crippen molar-refractivity contribution in [3.05, 3.63) is 181 Å². The molecule has 5 aliphatic carbocycles. The average molecular weight is 817 g/mol. The van der Waals surface area contributed by atoms with E-state index in [1.165, 1.54) is 97.9 Å². The molecule has 2 nitrogen and oxygen atoms in total. The number of nitrogens with zero attached hydrogens (tertiary/aromatic N) is 2. The minimum Gasteiger partial charge on any atom is -0.309 e. The molecule has 0 unspecified atom stereocenters. The smallest absolute Gasteiger partial charge is 0.0709 e. The van der Waals surface area contributed by atoms with Crippen LogP contribution in [0.15, 0.2) is 180 Å². The first-order valence-electron chi connectivity index (χ1n) is 22.8. The van der Waals surface area contributed by atoms with Crippen LogP contribution in [0.5, 0.6) is 0 Å². The maximum absolute atomic E-state index is 5.33. The molecule has 3 heterocycles. The number of para-hydroxylation sites is 2. The van der Waals surface area contributed by atoms with Gasteiger partial charge in [0.25, 0.3) is 0 Å². The Labute approximate surface area is 365 Å². The Balaban J connectivity index is 0.815. The number of pyridine rings is 1. The Morgan fingerprint density at radius 3 is 1.95 bits per heavy atom. The van der Waals surface area contributed by atoms with Crippen LogP contribution in [-0.4, -0.2) is 22.1 Å². The molecule has 300 valence electrons. The number of hydrogen-bond donors (Lipinski definition) is 0. The summed E-state index contributed by atoms with van der Waals surface area (Å²) in [6.45, 7) is 0. The second-order valence-electron chi connectivity index (χ2n) is 19.5. The molecular formula is C59H48N2S. The summed E-state index contributed by atoms with van der Waals surface area (Å²) < 4.78 is 2.38. The molecule has 4 fully saturated rings. The minimum atomic E-state index is -1.25. The monoisotopic (exact) mass is 816 g/mol. The van der Waals surface area contributed by atoms with Gasteiger partial charge in [0.15, 0.2) is 0 Å². The van der Waals surface area contributed by atoms with Gasteiger partial charge in [-0.1, -0.05) is 115 Å². The second-order valence-corrected chi connectivity index (χ2v) is 23.0. The predicted molar refractivity (Wildman–Crippen MR) is 260 cm³/mol. The summed E-state index contributed by atoms with van der Waals surface area (Å²) in [6.07, 6.45) is 12.3. The molecule has 0 amide bonds. The standard InChI is InChI=1S/C59H48N2S/c1-62(2)56-28-24-41(35-49(56)46-25-26-51-57(58(46)62)47-14-6-8-15-50(47)59(51)42-30-36-29-37(32-42)33-43(59)31-36)53-17-10-16-52(60-53)39-21-19-38(20-22-39)40-23-27-55-48(34-40)45-13-7-9-18-54(45)61(55)44-11-4-3-5-12-44/h3-28,34-37,42-43H,29-33H2,1-2H3. The van der Waals surface area contributed by atoms with Crippen molar-refractivity contribution < 1.29 is 0 Å². The zero-order valence-electron chi connectivity index (χ0n) is 35.3.